The Hall–Kier alpha value is -2.14. The first-order chi connectivity index (χ1) is 10.6. The summed E-state index contributed by atoms with van der Waals surface area (Å²) < 4.78 is 1.68. The summed E-state index contributed by atoms with van der Waals surface area (Å²) in [5, 5.41) is 7.02. The lowest BCUT2D eigenvalue weighted by Crippen LogP contribution is -2.35. The Morgan fingerprint density at radius 1 is 1.41 bits per heavy atom. The molecule has 1 aliphatic rings. The Bertz CT molecular complexity index is 664. The smallest absolute Gasteiger partial charge is 0.239 e. The van der Waals surface area contributed by atoms with Crippen LogP contribution >= 0.6 is 0 Å². The molecular formula is C17H22N4O. The molecule has 1 unspecified atom stereocenters. The molecule has 2 aromatic rings. The van der Waals surface area contributed by atoms with Crippen molar-refractivity contribution in [1.82, 2.24) is 14.7 Å². The van der Waals surface area contributed by atoms with E-state index in [0.29, 0.717) is 18.4 Å². The number of nitrogens with zero attached hydrogens (tertiary/aromatic N) is 3. The molecule has 1 aromatic heterocycles. The minimum atomic E-state index is -0.0238. The van der Waals surface area contributed by atoms with Gasteiger partial charge in [0.25, 0.3) is 0 Å². The van der Waals surface area contributed by atoms with Crippen LogP contribution in [0.1, 0.15) is 30.0 Å². The van der Waals surface area contributed by atoms with Gasteiger partial charge in [-0.05, 0) is 37.4 Å². The van der Waals surface area contributed by atoms with Crippen LogP contribution < -0.4 is 5.32 Å². The highest BCUT2D eigenvalue weighted by Crippen LogP contribution is 2.33. The van der Waals surface area contributed by atoms with Crippen molar-refractivity contribution in [3.8, 4) is 0 Å². The summed E-state index contributed by atoms with van der Waals surface area (Å²) in [6, 6.07) is 10.7. The van der Waals surface area contributed by atoms with Crippen molar-refractivity contribution < 1.29 is 4.79 Å². The first-order valence-electron chi connectivity index (χ1n) is 7.71. The minimum Gasteiger partial charge on any atom is -0.308 e. The number of nitrogens with one attached hydrogen (secondary N) is 1. The van der Waals surface area contributed by atoms with Crippen molar-refractivity contribution >= 4 is 11.7 Å². The van der Waals surface area contributed by atoms with Crippen molar-refractivity contribution in [2.45, 2.75) is 25.3 Å². The van der Waals surface area contributed by atoms with E-state index in [2.05, 4.69) is 39.6 Å². The van der Waals surface area contributed by atoms with Crippen LogP contribution in [-0.4, -0.2) is 34.2 Å². The lowest BCUT2D eigenvalue weighted by Gasteiger charge is -2.32. The van der Waals surface area contributed by atoms with Crippen molar-refractivity contribution in [3.05, 3.63) is 47.7 Å². The number of aromatic nitrogens is 2. The summed E-state index contributed by atoms with van der Waals surface area (Å²) in [7, 11) is 3.85. The zero-order valence-corrected chi connectivity index (χ0v) is 13.1. The number of amides is 1. The van der Waals surface area contributed by atoms with E-state index in [-0.39, 0.29) is 5.91 Å². The molecule has 3 rings (SSSR count). The molecule has 0 saturated carbocycles. The molecule has 1 amide bonds. The van der Waals surface area contributed by atoms with Crippen molar-refractivity contribution in [3.63, 3.8) is 0 Å². The summed E-state index contributed by atoms with van der Waals surface area (Å²) in [6.45, 7) is 0.371. The van der Waals surface area contributed by atoms with Crippen molar-refractivity contribution in [1.29, 1.82) is 0 Å². The Morgan fingerprint density at radius 3 is 3.00 bits per heavy atom. The highest BCUT2D eigenvalue weighted by atomic mass is 16.2. The Morgan fingerprint density at radius 2 is 2.23 bits per heavy atom. The van der Waals surface area contributed by atoms with E-state index in [1.807, 2.05) is 20.3 Å². The largest absolute Gasteiger partial charge is 0.308 e. The Balaban J connectivity index is 1.65. The van der Waals surface area contributed by atoms with Crippen LogP contribution in [0, 0.1) is 0 Å². The fraction of sp³-hybridized carbons (Fsp3) is 0.412. The standard InChI is InChI=1S/C17H22N4O/c1-20(12-17(22)18-16-10-11-21(2)19-16)15-9-5-7-13-6-3-4-8-14(13)15/h3-4,6,8,10-11,15H,5,7,9,12H2,1-2H3,(H,18,19,22). The van der Waals surface area contributed by atoms with E-state index in [9.17, 15) is 4.79 Å². The zero-order valence-electron chi connectivity index (χ0n) is 13.1. The summed E-state index contributed by atoms with van der Waals surface area (Å²) >= 11 is 0. The van der Waals surface area contributed by atoms with Gasteiger partial charge < -0.3 is 5.32 Å². The molecular weight excluding hydrogens is 276 g/mol. The molecule has 22 heavy (non-hydrogen) atoms. The van der Waals surface area contributed by atoms with E-state index in [1.54, 1.807) is 10.7 Å². The number of likely N-dealkylation sites (N-methyl/N-ethyl adjacent to an activating group) is 1. The normalized spacial score (nSPS) is 17.3. The molecule has 0 bridgehead atoms. The molecule has 0 fully saturated rings. The van der Waals surface area contributed by atoms with E-state index in [1.165, 1.54) is 17.5 Å². The second-order valence-electron chi connectivity index (χ2n) is 5.94. The second-order valence-corrected chi connectivity index (χ2v) is 5.94. The number of aryl methyl sites for hydroxylation is 2. The van der Waals surface area contributed by atoms with Gasteiger partial charge in [-0.25, -0.2) is 0 Å². The second kappa shape index (κ2) is 6.32. The molecule has 5 heteroatoms. The van der Waals surface area contributed by atoms with Crippen LogP contribution in [0.25, 0.3) is 0 Å². The molecule has 0 saturated heterocycles. The van der Waals surface area contributed by atoms with Crippen molar-refractivity contribution in [2.75, 3.05) is 18.9 Å². The first kappa shape index (κ1) is 14.8. The molecule has 0 radical (unpaired) electrons. The Labute approximate surface area is 130 Å². The maximum atomic E-state index is 12.2. The fourth-order valence-corrected chi connectivity index (χ4v) is 3.19. The number of carbonyl (C=O) groups is 1. The zero-order chi connectivity index (χ0) is 15.5. The average Bonchev–Trinajstić information content (AvgIpc) is 2.91. The molecule has 1 aliphatic carbocycles. The van der Waals surface area contributed by atoms with Gasteiger partial charge >= 0.3 is 0 Å². The predicted molar refractivity (Wildman–Crippen MR) is 86.6 cm³/mol. The fourth-order valence-electron chi connectivity index (χ4n) is 3.19. The number of benzene rings is 1. The van der Waals surface area contributed by atoms with E-state index < -0.39 is 0 Å². The maximum absolute atomic E-state index is 12.2. The third-order valence-corrected chi connectivity index (χ3v) is 4.24. The quantitative estimate of drug-likeness (QED) is 0.943. The molecule has 1 aromatic carbocycles. The predicted octanol–water partition coefficient (Wildman–Crippen LogP) is 2.37. The number of rotatable bonds is 4. The highest BCUT2D eigenvalue weighted by Gasteiger charge is 2.24. The number of fused-ring (bicyclic) bond motifs is 1. The summed E-state index contributed by atoms with van der Waals surface area (Å²) in [4.78, 5) is 14.3. The third-order valence-electron chi connectivity index (χ3n) is 4.24. The van der Waals surface area contributed by atoms with Gasteiger partial charge in [-0.3, -0.25) is 14.4 Å². The van der Waals surface area contributed by atoms with Gasteiger partial charge in [0.2, 0.25) is 5.91 Å². The van der Waals surface area contributed by atoms with Crippen LogP contribution in [0.15, 0.2) is 36.5 Å². The monoisotopic (exact) mass is 298 g/mol. The molecule has 5 nitrogen and oxygen atoms in total. The van der Waals surface area contributed by atoms with Gasteiger partial charge in [0.15, 0.2) is 5.82 Å². The number of carbonyl (C=O) groups excluding carboxylic acids is 1. The van der Waals surface area contributed by atoms with Gasteiger partial charge in [-0.2, -0.15) is 5.10 Å². The SMILES string of the molecule is CN(CC(=O)Nc1ccn(C)n1)C1CCCc2ccccc21. The van der Waals surface area contributed by atoms with E-state index in [4.69, 9.17) is 0 Å². The summed E-state index contributed by atoms with van der Waals surface area (Å²) in [5.74, 6) is 0.578. The number of hydrogen-bond acceptors (Lipinski definition) is 3. The highest BCUT2D eigenvalue weighted by molar-refractivity contribution is 5.91. The maximum Gasteiger partial charge on any atom is 0.239 e. The van der Waals surface area contributed by atoms with Gasteiger partial charge in [0.05, 0.1) is 6.54 Å². The molecule has 0 spiro atoms. The van der Waals surface area contributed by atoms with Gasteiger partial charge in [-0.15, -0.1) is 0 Å². The summed E-state index contributed by atoms with van der Waals surface area (Å²) in [5.41, 5.74) is 2.78. The van der Waals surface area contributed by atoms with E-state index in [0.717, 1.165) is 12.8 Å². The number of anilines is 1. The van der Waals surface area contributed by atoms with Crippen molar-refractivity contribution in [2.24, 2.45) is 7.05 Å². The van der Waals surface area contributed by atoms with Crippen LogP contribution in [0.5, 0.6) is 0 Å². The summed E-state index contributed by atoms with van der Waals surface area (Å²) in [6.07, 6.45) is 5.23. The van der Waals surface area contributed by atoms with Gasteiger partial charge in [0, 0.05) is 25.4 Å². The average molecular weight is 298 g/mol. The third kappa shape index (κ3) is 3.20. The lowest BCUT2D eigenvalue weighted by atomic mass is 9.87. The van der Waals surface area contributed by atoms with Gasteiger partial charge in [0.1, 0.15) is 0 Å². The van der Waals surface area contributed by atoms with Gasteiger partial charge in [-0.1, -0.05) is 24.3 Å². The minimum absolute atomic E-state index is 0.0238. The van der Waals surface area contributed by atoms with E-state index >= 15 is 0 Å². The molecule has 1 heterocycles. The first-order valence-corrected chi connectivity index (χ1v) is 7.71. The Kier molecular flexibility index (Phi) is 4.24. The molecule has 0 aliphatic heterocycles. The lowest BCUT2D eigenvalue weighted by molar-refractivity contribution is -0.117. The molecule has 1 atom stereocenters. The van der Waals surface area contributed by atoms with Crippen LogP contribution in [0.3, 0.4) is 0 Å². The topological polar surface area (TPSA) is 50.2 Å². The molecule has 1 N–H and O–H groups in total. The molecule has 116 valence electrons. The van der Waals surface area contributed by atoms with Crippen LogP contribution in [-0.2, 0) is 18.3 Å². The van der Waals surface area contributed by atoms with Crippen LogP contribution in [0.4, 0.5) is 5.82 Å². The van der Waals surface area contributed by atoms with Crippen LogP contribution in [0.2, 0.25) is 0 Å². The number of hydrogen-bond donors (Lipinski definition) is 1.